The molecule has 7 heteroatoms. The first-order valence-corrected chi connectivity index (χ1v) is 11.4. The van der Waals surface area contributed by atoms with Gasteiger partial charge in [-0.3, -0.25) is 9.59 Å². The van der Waals surface area contributed by atoms with E-state index < -0.39 is 37.9 Å². The molecule has 3 atom stereocenters. The lowest BCUT2D eigenvalue weighted by molar-refractivity contribution is -0.171. The van der Waals surface area contributed by atoms with Crippen molar-refractivity contribution in [1.82, 2.24) is 5.32 Å². The fraction of sp³-hybridized carbons (Fsp3) is 0.619. The SMILES string of the molecule is CC(C)(C(=O)NC1C2CC3CC(C2)CC1(C(=O)O)C3)S(=O)(=O)c1ccccc1. The van der Waals surface area contributed by atoms with Crippen LogP contribution >= 0.6 is 0 Å². The van der Waals surface area contributed by atoms with Crippen molar-refractivity contribution in [1.29, 1.82) is 0 Å². The molecule has 152 valence electrons. The first-order chi connectivity index (χ1) is 13.1. The van der Waals surface area contributed by atoms with Gasteiger partial charge < -0.3 is 10.4 Å². The van der Waals surface area contributed by atoms with Crippen LogP contribution in [0.5, 0.6) is 0 Å². The molecule has 28 heavy (non-hydrogen) atoms. The Morgan fingerprint density at radius 1 is 1.07 bits per heavy atom. The Balaban J connectivity index is 1.63. The van der Waals surface area contributed by atoms with Crippen LogP contribution in [-0.2, 0) is 19.4 Å². The molecule has 4 aliphatic carbocycles. The summed E-state index contributed by atoms with van der Waals surface area (Å²) >= 11 is 0. The van der Waals surface area contributed by atoms with Crippen LogP contribution in [0.15, 0.2) is 35.2 Å². The van der Waals surface area contributed by atoms with Crippen molar-refractivity contribution in [3.63, 3.8) is 0 Å². The van der Waals surface area contributed by atoms with Gasteiger partial charge in [0.15, 0.2) is 9.84 Å². The van der Waals surface area contributed by atoms with Gasteiger partial charge >= 0.3 is 5.97 Å². The largest absolute Gasteiger partial charge is 0.481 e. The summed E-state index contributed by atoms with van der Waals surface area (Å²) in [4.78, 5) is 25.5. The van der Waals surface area contributed by atoms with Gasteiger partial charge in [-0.1, -0.05) is 18.2 Å². The minimum atomic E-state index is -3.91. The lowest BCUT2D eigenvalue weighted by Crippen LogP contribution is -2.67. The zero-order valence-electron chi connectivity index (χ0n) is 16.2. The van der Waals surface area contributed by atoms with Gasteiger partial charge in [0.05, 0.1) is 10.3 Å². The summed E-state index contributed by atoms with van der Waals surface area (Å²) in [6.45, 7) is 2.79. The average molecular weight is 406 g/mol. The first-order valence-electron chi connectivity index (χ1n) is 9.92. The topological polar surface area (TPSA) is 101 Å². The summed E-state index contributed by atoms with van der Waals surface area (Å²) in [6, 6.07) is 7.42. The van der Waals surface area contributed by atoms with E-state index in [0.717, 1.165) is 19.3 Å². The van der Waals surface area contributed by atoms with E-state index in [2.05, 4.69) is 5.32 Å². The molecule has 0 heterocycles. The fourth-order valence-corrected chi connectivity index (χ4v) is 7.34. The minimum absolute atomic E-state index is 0.0909. The molecule has 4 saturated carbocycles. The maximum Gasteiger partial charge on any atom is 0.311 e. The quantitative estimate of drug-likeness (QED) is 0.784. The molecule has 0 radical (unpaired) electrons. The third kappa shape index (κ3) is 2.70. The molecule has 0 spiro atoms. The molecule has 2 N–H and O–H groups in total. The summed E-state index contributed by atoms with van der Waals surface area (Å²) in [7, 11) is -3.91. The van der Waals surface area contributed by atoms with Crippen LogP contribution in [0.25, 0.3) is 0 Å². The lowest BCUT2D eigenvalue weighted by Gasteiger charge is -2.59. The summed E-state index contributed by atoms with van der Waals surface area (Å²) in [5.74, 6) is -0.553. The van der Waals surface area contributed by atoms with Gasteiger partial charge in [0, 0.05) is 6.04 Å². The molecule has 0 aromatic heterocycles. The maximum absolute atomic E-state index is 13.2. The van der Waals surface area contributed by atoms with Gasteiger partial charge in [-0.15, -0.1) is 0 Å². The second-order valence-corrected chi connectivity index (χ2v) is 11.8. The molecule has 4 bridgehead atoms. The van der Waals surface area contributed by atoms with Gasteiger partial charge in [-0.2, -0.15) is 0 Å². The average Bonchev–Trinajstić information content (AvgIpc) is 2.64. The summed E-state index contributed by atoms with van der Waals surface area (Å²) in [5.41, 5.74) is -0.961. The number of aliphatic carboxylic acids is 1. The minimum Gasteiger partial charge on any atom is -0.481 e. The van der Waals surface area contributed by atoms with Gasteiger partial charge in [-0.25, -0.2) is 8.42 Å². The van der Waals surface area contributed by atoms with Gasteiger partial charge in [-0.05, 0) is 75.8 Å². The number of benzene rings is 1. The van der Waals surface area contributed by atoms with E-state index in [0.29, 0.717) is 24.7 Å². The Morgan fingerprint density at radius 3 is 2.18 bits per heavy atom. The number of carbonyl (C=O) groups excluding carboxylic acids is 1. The number of rotatable bonds is 5. The Kier molecular flexibility index (Phi) is 4.38. The summed E-state index contributed by atoms with van der Waals surface area (Å²) < 4.78 is 24.5. The Hall–Kier alpha value is -1.89. The van der Waals surface area contributed by atoms with Gasteiger partial charge in [0.1, 0.15) is 4.75 Å². The van der Waals surface area contributed by atoms with Crippen LogP contribution in [0.2, 0.25) is 0 Å². The van der Waals surface area contributed by atoms with E-state index in [9.17, 15) is 23.1 Å². The van der Waals surface area contributed by atoms with Crippen molar-refractivity contribution in [3.8, 4) is 0 Å². The van der Waals surface area contributed by atoms with Crippen molar-refractivity contribution >= 4 is 21.7 Å². The molecule has 1 aromatic carbocycles. The number of amides is 1. The van der Waals surface area contributed by atoms with Gasteiger partial charge in [0.25, 0.3) is 0 Å². The molecule has 5 rings (SSSR count). The first kappa shape index (κ1) is 19.4. The van der Waals surface area contributed by atoms with Crippen LogP contribution in [0, 0.1) is 23.2 Å². The highest BCUT2D eigenvalue weighted by atomic mass is 32.2. The van der Waals surface area contributed by atoms with E-state index in [1.807, 2.05) is 0 Å². The molecule has 4 aliphatic rings. The number of nitrogens with one attached hydrogen (secondary N) is 1. The summed E-state index contributed by atoms with van der Waals surface area (Å²) in [6.07, 6.45) is 4.07. The molecule has 0 saturated heterocycles. The van der Waals surface area contributed by atoms with Crippen LogP contribution in [-0.4, -0.2) is 36.2 Å². The molecule has 3 unspecified atom stereocenters. The molecule has 1 aromatic rings. The monoisotopic (exact) mass is 405 g/mol. The highest BCUT2D eigenvalue weighted by molar-refractivity contribution is 7.93. The molecule has 0 aliphatic heterocycles. The molecule has 4 fully saturated rings. The third-order valence-electron chi connectivity index (χ3n) is 7.30. The van der Waals surface area contributed by atoms with Crippen molar-refractivity contribution in [3.05, 3.63) is 30.3 Å². The smallest absolute Gasteiger partial charge is 0.311 e. The zero-order chi connectivity index (χ0) is 20.3. The number of sulfone groups is 1. The second kappa shape index (κ2) is 6.31. The van der Waals surface area contributed by atoms with Gasteiger partial charge in [0.2, 0.25) is 5.91 Å². The molecular weight excluding hydrogens is 378 g/mol. The van der Waals surface area contributed by atoms with Crippen LogP contribution in [0.3, 0.4) is 0 Å². The van der Waals surface area contributed by atoms with Crippen molar-refractivity contribution < 1.29 is 23.1 Å². The molecule has 6 nitrogen and oxygen atoms in total. The number of hydrogen-bond donors (Lipinski definition) is 2. The lowest BCUT2D eigenvalue weighted by atomic mass is 9.47. The second-order valence-electron chi connectivity index (χ2n) is 9.35. The predicted octanol–water partition coefficient (Wildman–Crippen LogP) is 2.63. The predicted molar refractivity (Wildman–Crippen MR) is 103 cm³/mol. The number of carboxylic acids is 1. The van der Waals surface area contributed by atoms with E-state index in [4.69, 9.17) is 0 Å². The van der Waals surface area contributed by atoms with E-state index in [-0.39, 0.29) is 10.8 Å². The van der Waals surface area contributed by atoms with E-state index >= 15 is 0 Å². The number of hydrogen-bond acceptors (Lipinski definition) is 4. The highest BCUT2D eigenvalue weighted by Gasteiger charge is 2.62. The van der Waals surface area contributed by atoms with Crippen LogP contribution in [0.4, 0.5) is 0 Å². The van der Waals surface area contributed by atoms with E-state index in [1.54, 1.807) is 18.2 Å². The van der Waals surface area contributed by atoms with Crippen molar-refractivity contribution in [2.24, 2.45) is 23.2 Å². The summed E-state index contributed by atoms with van der Waals surface area (Å²) in [5, 5.41) is 12.9. The maximum atomic E-state index is 13.2. The van der Waals surface area contributed by atoms with Crippen molar-refractivity contribution in [2.45, 2.75) is 61.6 Å². The molecular formula is C21H27NO5S. The standard InChI is InChI=1S/C21H27NO5S/c1-20(2,28(26,27)16-6-4-3-5-7-16)18(23)22-17-15-9-13-8-14(10-15)12-21(17,11-13)19(24)25/h3-7,13-15,17H,8-12H2,1-2H3,(H,22,23)(H,24,25). The normalized spacial score (nSPS) is 34.2. The number of carbonyl (C=O) groups is 2. The zero-order valence-corrected chi connectivity index (χ0v) is 17.0. The molecule has 1 amide bonds. The van der Waals surface area contributed by atoms with Crippen LogP contribution < -0.4 is 5.32 Å². The Bertz CT molecular complexity index is 894. The number of carboxylic acid groups (broad SMARTS) is 1. The van der Waals surface area contributed by atoms with Crippen molar-refractivity contribution in [2.75, 3.05) is 0 Å². The van der Waals surface area contributed by atoms with E-state index in [1.165, 1.54) is 26.0 Å². The fourth-order valence-electron chi connectivity index (χ4n) is 5.94. The third-order valence-corrected chi connectivity index (χ3v) is 9.72. The van der Waals surface area contributed by atoms with Crippen LogP contribution in [0.1, 0.15) is 46.0 Å². The Labute approximate surface area is 165 Å². The Morgan fingerprint density at radius 2 is 1.64 bits per heavy atom. The highest BCUT2D eigenvalue weighted by Crippen LogP contribution is 2.60.